The lowest BCUT2D eigenvalue weighted by molar-refractivity contribution is -0.0356. The molecule has 1 aliphatic rings. The molecule has 0 bridgehead atoms. The topological polar surface area (TPSA) is 79.5 Å². The van der Waals surface area contributed by atoms with Gasteiger partial charge in [-0.3, -0.25) is 0 Å². The Morgan fingerprint density at radius 1 is 1.61 bits per heavy atom. The van der Waals surface area contributed by atoms with E-state index in [1.54, 1.807) is 17.3 Å². The van der Waals surface area contributed by atoms with Gasteiger partial charge in [-0.1, -0.05) is 0 Å². The molecule has 0 radical (unpaired) electrons. The van der Waals surface area contributed by atoms with Crippen molar-refractivity contribution in [2.24, 2.45) is 0 Å². The maximum atomic E-state index is 12.4. The molecule has 0 saturated carbocycles. The van der Waals surface area contributed by atoms with Crippen molar-refractivity contribution in [3.05, 3.63) is 18.2 Å². The molecule has 1 fully saturated rings. The van der Waals surface area contributed by atoms with Crippen molar-refractivity contribution >= 4 is 6.09 Å². The highest BCUT2D eigenvalue weighted by molar-refractivity contribution is 5.68. The Kier molecular flexibility index (Phi) is 6.01. The maximum Gasteiger partial charge on any atom is 0.410 e. The van der Waals surface area contributed by atoms with E-state index in [0.717, 1.165) is 12.2 Å². The predicted molar refractivity (Wildman–Crippen MR) is 87.1 cm³/mol. The molecular weight excluding hydrogens is 296 g/mol. The fourth-order valence-corrected chi connectivity index (χ4v) is 2.57. The molecule has 2 N–H and O–H groups in total. The molecule has 2 atom stereocenters. The highest BCUT2D eigenvalue weighted by Crippen LogP contribution is 2.17. The van der Waals surface area contributed by atoms with Crippen LogP contribution in [0.1, 0.15) is 39.9 Å². The molecule has 0 spiro atoms. The van der Waals surface area contributed by atoms with Crippen LogP contribution in [0.3, 0.4) is 0 Å². The molecule has 1 saturated heterocycles. The summed E-state index contributed by atoms with van der Waals surface area (Å²) in [5.41, 5.74) is -0.483. The molecule has 23 heavy (non-hydrogen) atoms. The van der Waals surface area contributed by atoms with Gasteiger partial charge in [-0.25, -0.2) is 9.78 Å². The summed E-state index contributed by atoms with van der Waals surface area (Å²) in [7, 11) is 0. The minimum atomic E-state index is -0.483. The Morgan fingerprint density at radius 3 is 3.04 bits per heavy atom. The van der Waals surface area contributed by atoms with Gasteiger partial charge >= 0.3 is 6.09 Å². The molecule has 7 nitrogen and oxygen atoms in total. The first kappa shape index (κ1) is 17.7. The first-order chi connectivity index (χ1) is 10.8. The molecule has 0 aliphatic carbocycles. The van der Waals surface area contributed by atoms with Gasteiger partial charge in [-0.05, 0) is 34.1 Å². The van der Waals surface area contributed by atoms with Gasteiger partial charge in [-0.2, -0.15) is 0 Å². The molecule has 1 aromatic heterocycles. The van der Waals surface area contributed by atoms with Crippen molar-refractivity contribution < 1.29 is 14.3 Å². The first-order valence-electron chi connectivity index (χ1n) is 8.14. The molecule has 2 rings (SSSR count). The SMILES string of the molecule is CC(CC1COCCN1C(=O)OC(C)(C)C)NCc1ncc[nH]1. The largest absolute Gasteiger partial charge is 0.444 e. The lowest BCUT2D eigenvalue weighted by atomic mass is 10.1. The Labute approximate surface area is 137 Å². The van der Waals surface area contributed by atoms with E-state index < -0.39 is 5.60 Å². The van der Waals surface area contributed by atoms with Gasteiger partial charge in [0.1, 0.15) is 11.4 Å². The van der Waals surface area contributed by atoms with E-state index >= 15 is 0 Å². The van der Waals surface area contributed by atoms with E-state index in [1.165, 1.54) is 0 Å². The Balaban J connectivity index is 1.86. The third-order valence-corrected chi connectivity index (χ3v) is 3.65. The standard InChI is InChI=1S/C16H28N4O3/c1-12(19-10-14-17-5-6-18-14)9-13-11-22-8-7-20(13)15(21)23-16(2,3)4/h5-6,12-13,19H,7-11H2,1-4H3,(H,17,18). The molecule has 1 aromatic rings. The second kappa shape index (κ2) is 7.79. The number of aromatic nitrogens is 2. The zero-order valence-electron chi connectivity index (χ0n) is 14.5. The van der Waals surface area contributed by atoms with Gasteiger partial charge in [0.15, 0.2) is 0 Å². The van der Waals surface area contributed by atoms with Gasteiger partial charge in [-0.15, -0.1) is 0 Å². The third-order valence-electron chi connectivity index (χ3n) is 3.65. The summed E-state index contributed by atoms with van der Waals surface area (Å²) in [6.45, 7) is 10.1. The Hall–Kier alpha value is -1.60. The molecule has 130 valence electrons. The number of nitrogens with zero attached hydrogens (tertiary/aromatic N) is 2. The number of ether oxygens (including phenoxy) is 2. The average Bonchev–Trinajstić information content (AvgIpc) is 2.97. The van der Waals surface area contributed by atoms with Gasteiger partial charge in [0.05, 0.1) is 25.8 Å². The summed E-state index contributed by atoms with van der Waals surface area (Å²) in [6, 6.07) is 0.259. The van der Waals surface area contributed by atoms with E-state index in [2.05, 4.69) is 22.2 Å². The summed E-state index contributed by atoms with van der Waals surface area (Å²) in [5, 5.41) is 3.41. The maximum absolute atomic E-state index is 12.4. The second-order valence-corrected chi connectivity index (χ2v) is 6.96. The highest BCUT2D eigenvalue weighted by atomic mass is 16.6. The van der Waals surface area contributed by atoms with Crippen molar-refractivity contribution in [3.8, 4) is 0 Å². The van der Waals surface area contributed by atoms with Crippen LogP contribution >= 0.6 is 0 Å². The number of aromatic amines is 1. The highest BCUT2D eigenvalue weighted by Gasteiger charge is 2.31. The minimum absolute atomic E-state index is 0.0256. The molecular formula is C16H28N4O3. The van der Waals surface area contributed by atoms with Gasteiger partial charge in [0.2, 0.25) is 0 Å². The predicted octanol–water partition coefficient (Wildman–Crippen LogP) is 1.91. The van der Waals surface area contributed by atoms with Crippen LogP contribution in [0, 0.1) is 0 Å². The fourth-order valence-electron chi connectivity index (χ4n) is 2.57. The summed E-state index contributed by atoms with van der Waals surface area (Å²) in [6.07, 6.45) is 4.09. The lowest BCUT2D eigenvalue weighted by Crippen LogP contribution is -2.52. The first-order valence-corrected chi connectivity index (χ1v) is 8.14. The van der Waals surface area contributed by atoms with Crippen LogP contribution in [0.25, 0.3) is 0 Å². The minimum Gasteiger partial charge on any atom is -0.444 e. The summed E-state index contributed by atoms with van der Waals surface area (Å²) < 4.78 is 11.1. The smallest absolute Gasteiger partial charge is 0.410 e. The van der Waals surface area contributed by atoms with Crippen molar-refractivity contribution in [3.63, 3.8) is 0 Å². The fraction of sp³-hybridized carbons (Fsp3) is 0.750. The van der Waals surface area contributed by atoms with E-state index in [-0.39, 0.29) is 18.2 Å². The van der Waals surface area contributed by atoms with Crippen molar-refractivity contribution in [2.45, 2.75) is 58.3 Å². The van der Waals surface area contributed by atoms with E-state index in [4.69, 9.17) is 9.47 Å². The molecule has 2 unspecified atom stereocenters. The quantitative estimate of drug-likeness (QED) is 0.865. The van der Waals surface area contributed by atoms with Gasteiger partial charge in [0, 0.05) is 25.0 Å². The zero-order chi connectivity index (χ0) is 16.9. The number of rotatable bonds is 5. The van der Waals surface area contributed by atoms with Crippen LogP contribution in [-0.2, 0) is 16.0 Å². The Bertz CT molecular complexity index is 484. The number of morpholine rings is 1. The average molecular weight is 324 g/mol. The number of carbonyl (C=O) groups is 1. The zero-order valence-corrected chi connectivity index (χ0v) is 14.5. The van der Waals surface area contributed by atoms with Crippen molar-refractivity contribution in [2.75, 3.05) is 19.8 Å². The van der Waals surface area contributed by atoms with Gasteiger partial charge < -0.3 is 24.7 Å². The van der Waals surface area contributed by atoms with E-state index in [9.17, 15) is 4.79 Å². The number of amides is 1. The number of hydrogen-bond acceptors (Lipinski definition) is 5. The van der Waals surface area contributed by atoms with Crippen LogP contribution in [0.15, 0.2) is 12.4 Å². The van der Waals surface area contributed by atoms with E-state index in [1.807, 2.05) is 20.8 Å². The monoisotopic (exact) mass is 324 g/mol. The summed E-state index contributed by atoms with van der Waals surface area (Å²) in [4.78, 5) is 21.4. The number of carbonyl (C=O) groups excluding carboxylic acids is 1. The second-order valence-electron chi connectivity index (χ2n) is 6.96. The van der Waals surface area contributed by atoms with Crippen molar-refractivity contribution in [1.29, 1.82) is 0 Å². The normalized spacial score (nSPS) is 20.3. The molecule has 0 aromatic carbocycles. The third kappa shape index (κ3) is 5.84. The molecule has 1 aliphatic heterocycles. The Morgan fingerprint density at radius 2 is 2.39 bits per heavy atom. The molecule has 2 heterocycles. The number of hydrogen-bond donors (Lipinski definition) is 2. The lowest BCUT2D eigenvalue weighted by Gasteiger charge is -2.37. The van der Waals surface area contributed by atoms with Crippen LogP contribution in [0.5, 0.6) is 0 Å². The summed E-state index contributed by atoms with van der Waals surface area (Å²) >= 11 is 0. The number of nitrogens with one attached hydrogen (secondary N) is 2. The number of H-pyrrole nitrogens is 1. The van der Waals surface area contributed by atoms with Gasteiger partial charge in [0.25, 0.3) is 0 Å². The van der Waals surface area contributed by atoms with Crippen LogP contribution in [-0.4, -0.2) is 58.4 Å². The molecule has 1 amide bonds. The van der Waals surface area contributed by atoms with Crippen LogP contribution in [0.4, 0.5) is 4.79 Å². The van der Waals surface area contributed by atoms with E-state index in [0.29, 0.717) is 26.3 Å². The summed E-state index contributed by atoms with van der Waals surface area (Å²) in [5.74, 6) is 0.903. The van der Waals surface area contributed by atoms with Crippen LogP contribution in [0.2, 0.25) is 0 Å². The molecule has 7 heteroatoms. The van der Waals surface area contributed by atoms with Crippen LogP contribution < -0.4 is 5.32 Å². The van der Waals surface area contributed by atoms with Crippen molar-refractivity contribution in [1.82, 2.24) is 20.2 Å². The number of imidazole rings is 1.